The number of amides is 1. The number of carbonyl (C=O) groups is 1. The Kier molecular flexibility index (Phi) is 6.41. The fourth-order valence-electron chi connectivity index (χ4n) is 4.25. The van der Waals surface area contributed by atoms with Crippen LogP contribution in [0.3, 0.4) is 0 Å². The molecule has 0 saturated carbocycles. The highest BCUT2D eigenvalue weighted by Crippen LogP contribution is 2.35. The largest absolute Gasteiger partial charge is 0.486 e. The number of anilines is 1. The lowest BCUT2D eigenvalue weighted by Crippen LogP contribution is -2.24. The van der Waals surface area contributed by atoms with E-state index >= 15 is 0 Å². The molecule has 0 unspecified atom stereocenters. The maximum Gasteiger partial charge on any atom is 0.263 e. The SMILES string of the molecule is C=CCn1c(SCC(=O)Nc2ccc3c(c2)OCCO3)nc2sc3c(c2c1=O)CCCCC3. The summed E-state index contributed by atoms with van der Waals surface area (Å²) >= 11 is 2.89. The van der Waals surface area contributed by atoms with E-state index in [2.05, 4.69) is 11.9 Å². The molecule has 33 heavy (non-hydrogen) atoms. The van der Waals surface area contributed by atoms with Crippen LogP contribution in [0.25, 0.3) is 10.2 Å². The number of nitrogens with one attached hydrogen (secondary N) is 1. The van der Waals surface area contributed by atoms with Gasteiger partial charge in [0.25, 0.3) is 5.56 Å². The molecule has 2 aliphatic rings. The number of carbonyl (C=O) groups excluding carboxylic acids is 1. The molecule has 2 aromatic heterocycles. The Bertz CT molecular complexity index is 1280. The van der Waals surface area contributed by atoms with Crippen molar-refractivity contribution in [1.29, 1.82) is 0 Å². The van der Waals surface area contributed by atoms with Crippen LogP contribution >= 0.6 is 23.1 Å². The minimum atomic E-state index is -0.182. The number of rotatable bonds is 6. The van der Waals surface area contributed by atoms with E-state index in [9.17, 15) is 9.59 Å². The molecule has 5 rings (SSSR count). The average Bonchev–Trinajstić information content (AvgIpc) is 3.00. The normalized spacial score (nSPS) is 15.0. The van der Waals surface area contributed by atoms with Crippen molar-refractivity contribution in [3.05, 3.63) is 51.6 Å². The van der Waals surface area contributed by atoms with Crippen molar-refractivity contribution < 1.29 is 14.3 Å². The minimum Gasteiger partial charge on any atom is -0.486 e. The topological polar surface area (TPSA) is 82.5 Å². The monoisotopic (exact) mass is 483 g/mol. The molecule has 0 atom stereocenters. The van der Waals surface area contributed by atoms with Gasteiger partial charge in [0.1, 0.15) is 18.0 Å². The van der Waals surface area contributed by atoms with Crippen molar-refractivity contribution >= 4 is 44.9 Å². The van der Waals surface area contributed by atoms with Gasteiger partial charge in [-0.3, -0.25) is 14.2 Å². The minimum absolute atomic E-state index is 0.0333. The van der Waals surface area contributed by atoms with Gasteiger partial charge >= 0.3 is 0 Å². The van der Waals surface area contributed by atoms with Gasteiger partial charge in [0, 0.05) is 23.2 Å². The van der Waals surface area contributed by atoms with E-state index in [0.717, 1.165) is 35.9 Å². The number of allylic oxidation sites excluding steroid dienone is 1. The molecule has 3 aromatic rings. The molecule has 0 radical (unpaired) electrons. The second kappa shape index (κ2) is 9.61. The maximum atomic E-state index is 13.4. The molecule has 1 amide bonds. The van der Waals surface area contributed by atoms with Crippen molar-refractivity contribution in [2.24, 2.45) is 0 Å². The molecule has 1 aliphatic heterocycles. The van der Waals surface area contributed by atoms with Crippen LogP contribution < -0.4 is 20.3 Å². The van der Waals surface area contributed by atoms with Crippen LogP contribution in [0.5, 0.6) is 11.5 Å². The van der Waals surface area contributed by atoms with Gasteiger partial charge in [-0.05, 0) is 43.4 Å². The molecule has 7 nitrogen and oxygen atoms in total. The van der Waals surface area contributed by atoms with Gasteiger partial charge < -0.3 is 14.8 Å². The van der Waals surface area contributed by atoms with Crippen LogP contribution in [0.15, 0.2) is 40.8 Å². The Morgan fingerprint density at radius 2 is 2.03 bits per heavy atom. The first kappa shape index (κ1) is 22.0. The van der Waals surface area contributed by atoms with Crippen molar-refractivity contribution in [3.8, 4) is 11.5 Å². The predicted octanol–water partition coefficient (Wildman–Crippen LogP) is 4.41. The maximum absolute atomic E-state index is 13.4. The number of hydrogen-bond donors (Lipinski definition) is 1. The number of aromatic nitrogens is 2. The molecule has 3 heterocycles. The van der Waals surface area contributed by atoms with E-state index in [1.165, 1.54) is 28.6 Å². The summed E-state index contributed by atoms with van der Waals surface area (Å²) in [6.45, 7) is 5.17. The third-order valence-corrected chi connectivity index (χ3v) is 7.92. The molecular weight excluding hydrogens is 458 g/mol. The second-order valence-corrected chi connectivity index (χ2v) is 10.1. The number of thioether (sulfide) groups is 1. The number of aryl methyl sites for hydroxylation is 2. The second-order valence-electron chi connectivity index (χ2n) is 8.04. The lowest BCUT2D eigenvalue weighted by molar-refractivity contribution is -0.113. The van der Waals surface area contributed by atoms with Crippen molar-refractivity contribution in [3.63, 3.8) is 0 Å². The number of hydrogen-bond acceptors (Lipinski definition) is 7. The van der Waals surface area contributed by atoms with Crippen LogP contribution in [-0.4, -0.2) is 34.4 Å². The first-order valence-corrected chi connectivity index (χ1v) is 12.9. The van der Waals surface area contributed by atoms with E-state index in [-0.39, 0.29) is 17.2 Å². The molecular formula is C24H25N3O4S2. The van der Waals surface area contributed by atoms with E-state index in [1.807, 2.05) is 0 Å². The number of benzene rings is 1. The highest BCUT2D eigenvalue weighted by atomic mass is 32.2. The number of fused-ring (bicyclic) bond motifs is 4. The third-order valence-electron chi connectivity index (χ3n) is 5.76. The summed E-state index contributed by atoms with van der Waals surface area (Å²) in [5.74, 6) is 1.25. The van der Waals surface area contributed by atoms with Crippen molar-refractivity contribution in [1.82, 2.24) is 9.55 Å². The fraction of sp³-hybridized carbons (Fsp3) is 0.375. The summed E-state index contributed by atoms with van der Waals surface area (Å²) in [4.78, 5) is 32.9. The molecule has 0 saturated heterocycles. The van der Waals surface area contributed by atoms with Crippen molar-refractivity contribution in [2.45, 2.75) is 43.8 Å². The quantitative estimate of drug-likeness (QED) is 0.242. The molecule has 1 aliphatic carbocycles. The summed E-state index contributed by atoms with van der Waals surface area (Å²) in [6.07, 6.45) is 7.10. The van der Waals surface area contributed by atoms with Crippen LogP contribution in [0.2, 0.25) is 0 Å². The Labute approximate surface area is 199 Å². The van der Waals surface area contributed by atoms with E-state index < -0.39 is 0 Å². The number of thiophene rings is 1. The van der Waals surface area contributed by atoms with Gasteiger partial charge in [-0.1, -0.05) is 24.3 Å². The fourth-order valence-corrected chi connectivity index (χ4v) is 6.36. The van der Waals surface area contributed by atoms with Gasteiger partial charge in [0.05, 0.1) is 11.1 Å². The molecule has 0 spiro atoms. The highest BCUT2D eigenvalue weighted by Gasteiger charge is 2.22. The Morgan fingerprint density at radius 3 is 2.88 bits per heavy atom. The summed E-state index contributed by atoms with van der Waals surface area (Å²) in [5.41, 5.74) is 1.78. The summed E-state index contributed by atoms with van der Waals surface area (Å²) in [7, 11) is 0. The van der Waals surface area contributed by atoms with E-state index in [1.54, 1.807) is 40.2 Å². The molecule has 172 valence electrons. The smallest absolute Gasteiger partial charge is 0.263 e. The Hall–Kier alpha value is -2.78. The van der Waals surface area contributed by atoms with Crippen LogP contribution in [-0.2, 0) is 24.2 Å². The lowest BCUT2D eigenvalue weighted by atomic mass is 10.1. The average molecular weight is 484 g/mol. The summed E-state index contributed by atoms with van der Waals surface area (Å²) < 4.78 is 12.7. The molecule has 1 aromatic carbocycles. The number of nitrogens with zero attached hydrogens (tertiary/aromatic N) is 2. The summed E-state index contributed by atoms with van der Waals surface area (Å²) in [5, 5.41) is 4.18. The Morgan fingerprint density at radius 1 is 1.21 bits per heavy atom. The zero-order valence-corrected chi connectivity index (χ0v) is 19.9. The predicted molar refractivity (Wildman–Crippen MR) is 132 cm³/mol. The van der Waals surface area contributed by atoms with Crippen LogP contribution in [0.1, 0.15) is 29.7 Å². The Balaban J connectivity index is 1.37. The van der Waals surface area contributed by atoms with E-state index in [0.29, 0.717) is 42.1 Å². The molecule has 1 N–H and O–H groups in total. The van der Waals surface area contributed by atoms with E-state index in [4.69, 9.17) is 14.5 Å². The molecule has 9 heteroatoms. The van der Waals surface area contributed by atoms with Gasteiger partial charge in [0.15, 0.2) is 16.7 Å². The van der Waals surface area contributed by atoms with Crippen molar-refractivity contribution in [2.75, 3.05) is 24.3 Å². The third kappa shape index (κ3) is 4.52. The number of ether oxygens (including phenoxy) is 2. The molecule has 0 fully saturated rings. The van der Waals surface area contributed by atoms with Gasteiger partial charge in [-0.25, -0.2) is 4.98 Å². The van der Waals surface area contributed by atoms with Crippen LogP contribution in [0, 0.1) is 0 Å². The molecule has 0 bridgehead atoms. The van der Waals surface area contributed by atoms with Gasteiger partial charge in [0.2, 0.25) is 5.91 Å². The summed E-state index contributed by atoms with van der Waals surface area (Å²) in [6, 6.07) is 5.33. The van der Waals surface area contributed by atoms with Gasteiger partial charge in [-0.15, -0.1) is 17.9 Å². The standard InChI is InChI=1S/C24H25N3O4S2/c1-2-10-27-23(29)21-16-6-4-3-5-7-19(16)33-22(21)26-24(27)32-14-20(28)25-15-8-9-17-18(13-15)31-12-11-30-17/h2,8-9,13H,1,3-7,10-12,14H2,(H,25,28). The van der Waals surface area contributed by atoms with Crippen LogP contribution in [0.4, 0.5) is 5.69 Å². The zero-order chi connectivity index (χ0) is 22.8. The first-order chi connectivity index (χ1) is 16.1. The first-order valence-electron chi connectivity index (χ1n) is 11.1. The highest BCUT2D eigenvalue weighted by molar-refractivity contribution is 7.99. The zero-order valence-electron chi connectivity index (χ0n) is 18.2. The lowest BCUT2D eigenvalue weighted by Gasteiger charge is -2.19. The van der Waals surface area contributed by atoms with Gasteiger partial charge in [-0.2, -0.15) is 0 Å².